The Balaban J connectivity index is 1.98. The van der Waals surface area contributed by atoms with Crippen molar-refractivity contribution >= 4 is 15.9 Å². The van der Waals surface area contributed by atoms with Crippen LogP contribution in [0.5, 0.6) is 5.75 Å². The van der Waals surface area contributed by atoms with Crippen LogP contribution < -0.4 is 10.1 Å². The van der Waals surface area contributed by atoms with Gasteiger partial charge in [0.2, 0.25) is 0 Å². The summed E-state index contributed by atoms with van der Waals surface area (Å²) in [6.45, 7) is 2.42. The molecular weight excluding hydrogens is 322 g/mol. The predicted octanol–water partition coefficient (Wildman–Crippen LogP) is 2.30. The van der Waals surface area contributed by atoms with Gasteiger partial charge < -0.3 is 19.4 Å². The molecule has 0 spiro atoms. The van der Waals surface area contributed by atoms with E-state index >= 15 is 0 Å². The van der Waals surface area contributed by atoms with E-state index in [2.05, 4.69) is 26.2 Å². The molecule has 5 nitrogen and oxygen atoms in total. The van der Waals surface area contributed by atoms with Crippen LogP contribution in [-0.2, 0) is 4.74 Å². The minimum Gasteiger partial charge on any atom is -0.497 e. The third-order valence-corrected chi connectivity index (χ3v) is 3.75. The second-order valence-corrected chi connectivity index (χ2v) is 5.52. The SMILES string of the molecule is COc1cc(Br)cc(-n2cncc2C2CNCCO2)c1. The number of rotatable bonds is 3. The summed E-state index contributed by atoms with van der Waals surface area (Å²) in [5.74, 6) is 0.803. The number of hydrogen-bond donors (Lipinski definition) is 1. The molecule has 1 N–H and O–H groups in total. The summed E-state index contributed by atoms with van der Waals surface area (Å²) in [7, 11) is 1.66. The fraction of sp³-hybridized carbons (Fsp3) is 0.357. The van der Waals surface area contributed by atoms with E-state index < -0.39 is 0 Å². The lowest BCUT2D eigenvalue weighted by Crippen LogP contribution is -2.34. The van der Waals surface area contributed by atoms with Gasteiger partial charge in [-0.15, -0.1) is 0 Å². The number of nitrogens with zero attached hydrogens (tertiary/aromatic N) is 2. The first kappa shape index (κ1) is 13.6. The third-order valence-electron chi connectivity index (χ3n) is 3.29. The fourth-order valence-corrected chi connectivity index (χ4v) is 2.78. The van der Waals surface area contributed by atoms with Crippen molar-refractivity contribution < 1.29 is 9.47 Å². The van der Waals surface area contributed by atoms with Crippen LogP contribution in [0.15, 0.2) is 35.2 Å². The van der Waals surface area contributed by atoms with Gasteiger partial charge in [-0.3, -0.25) is 0 Å². The molecule has 1 saturated heterocycles. The summed E-state index contributed by atoms with van der Waals surface area (Å²) < 4.78 is 14.1. The number of ether oxygens (including phenoxy) is 2. The van der Waals surface area contributed by atoms with Crippen LogP contribution >= 0.6 is 15.9 Å². The zero-order valence-corrected chi connectivity index (χ0v) is 12.8. The van der Waals surface area contributed by atoms with Crippen molar-refractivity contribution in [1.82, 2.24) is 14.9 Å². The highest BCUT2D eigenvalue weighted by Gasteiger charge is 2.20. The number of morpholine rings is 1. The molecule has 1 aliphatic rings. The molecule has 2 heterocycles. The van der Waals surface area contributed by atoms with Gasteiger partial charge in [-0.05, 0) is 12.1 Å². The molecule has 20 heavy (non-hydrogen) atoms. The highest BCUT2D eigenvalue weighted by Crippen LogP contribution is 2.27. The van der Waals surface area contributed by atoms with E-state index in [0.717, 1.165) is 41.3 Å². The normalized spacial score (nSPS) is 19.0. The summed E-state index contributed by atoms with van der Waals surface area (Å²) in [5.41, 5.74) is 2.04. The Labute approximate surface area is 126 Å². The Morgan fingerprint density at radius 2 is 2.35 bits per heavy atom. The number of aromatic nitrogens is 2. The quantitative estimate of drug-likeness (QED) is 0.933. The zero-order valence-electron chi connectivity index (χ0n) is 11.2. The van der Waals surface area contributed by atoms with Gasteiger partial charge in [0.25, 0.3) is 0 Å². The standard InChI is InChI=1S/C14H16BrN3O2/c1-19-12-5-10(15)4-11(6-12)18-9-17-7-13(18)14-8-16-2-3-20-14/h4-7,9,14,16H,2-3,8H2,1H3. The van der Waals surface area contributed by atoms with Gasteiger partial charge in [-0.25, -0.2) is 4.98 Å². The van der Waals surface area contributed by atoms with Gasteiger partial charge in [-0.1, -0.05) is 15.9 Å². The predicted molar refractivity (Wildman–Crippen MR) is 79.4 cm³/mol. The molecule has 0 bridgehead atoms. The minimum absolute atomic E-state index is 0.0243. The Bertz CT molecular complexity index is 594. The molecule has 0 saturated carbocycles. The lowest BCUT2D eigenvalue weighted by atomic mass is 10.2. The maximum Gasteiger partial charge on any atom is 0.122 e. The molecule has 106 valence electrons. The molecule has 6 heteroatoms. The molecule has 1 aromatic heterocycles. The third kappa shape index (κ3) is 2.72. The van der Waals surface area contributed by atoms with E-state index in [1.165, 1.54) is 0 Å². The fourth-order valence-electron chi connectivity index (χ4n) is 2.32. The second kappa shape index (κ2) is 5.95. The molecule has 3 rings (SSSR count). The number of benzene rings is 1. The second-order valence-electron chi connectivity index (χ2n) is 4.60. The van der Waals surface area contributed by atoms with Crippen LogP contribution in [0.2, 0.25) is 0 Å². The molecular formula is C14H16BrN3O2. The molecule has 1 aromatic carbocycles. The topological polar surface area (TPSA) is 48.3 Å². The average molecular weight is 338 g/mol. The number of nitrogens with one attached hydrogen (secondary N) is 1. The van der Waals surface area contributed by atoms with Crippen molar-refractivity contribution in [2.45, 2.75) is 6.10 Å². The highest BCUT2D eigenvalue weighted by molar-refractivity contribution is 9.10. The van der Waals surface area contributed by atoms with Crippen molar-refractivity contribution in [2.24, 2.45) is 0 Å². The van der Waals surface area contributed by atoms with Crippen molar-refractivity contribution in [3.05, 3.63) is 40.9 Å². The summed E-state index contributed by atoms with van der Waals surface area (Å²) in [5, 5.41) is 3.34. The number of methoxy groups -OCH3 is 1. The Kier molecular flexibility index (Phi) is 4.05. The van der Waals surface area contributed by atoms with Crippen molar-refractivity contribution in [3.8, 4) is 11.4 Å². The van der Waals surface area contributed by atoms with E-state index in [9.17, 15) is 0 Å². The van der Waals surface area contributed by atoms with E-state index in [0.29, 0.717) is 0 Å². The molecule has 1 unspecified atom stereocenters. The van der Waals surface area contributed by atoms with Gasteiger partial charge in [-0.2, -0.15) is 0 Å². The molecule has 1 atom stereocenters. The van der Waals surface area contributed by atoms with Crippen LogP contribution in [-0.4, -0.2) is 36.4 Å². The maximum absolute atomic E-state index is 5.80. The molecule has 2 aromatic rings. The smallest absolute Gasteiger partial charge is 0.122 e. The summed E-state index contributed by atoms with van der Waals surface area (Å²) in [6.07, 6.45) is 3.68. The van der Waals surface area contributed by atoms with Crippen LogP contribution in [0.3, 0.4) is 0 Å². The molecule has 0 aliphatic carbocycles. The largest absolute Gasteiger partial charge is 0.497 e. The Hall–Kier alpha value is -1.37. The summed E-state index contributed by atoms with van der Waals surface area (Å²) in [6, 6.07) is 5.94. The van der Waals surface area contributed by atoms with Crippen molar-refractivity contribution in [3.63, 3.8) is 0 Å². The van der Waals surface area contributed by atoms with Crippen molar-refractivity contribution in [2.75, 3.05) is 26.8 Å². The van der Waals surface area contributed by atoms with Crippen molar-refractivity contribution in [1.29, 1.82) is 0 Å². The first-order valence-electron chi connectivity index (χ1n) is 6.47. The summed E-state index contributed by atoms with van der Waals surface area (Å²) >= 11 is 3.50. The molecule has 1 fully saturated rings. The average Bonchev–Trinajstić information content (AvgIpc) is 2.97. The Morgan fingerprint density at radius 3 is 3.10 bits per heavy atom. The Morgan fingerprint density at radius 1 is 1.45 bits per heavy atom. The van der Waals surface area contributed by atoms with E-state index in [-0.39, 0.29) is 6.10 Å². The van der Waals surface area contributed by atoms with Gasteiger partial charge in [0.15, 0.2) is 0 Å². The zero-order chi connectivity index (χ0) is 13.9. The van der Waals surface area contributed by atoms with E-state index in [4.69, 9.17) is 9.47 Å². The van der Waals surface area contributed by atoms with Crippen LogP contribution in [0.4, 0.5) is 0 Å². The molecule has 0 amide bonds. The van der Waals surface area contributed by atoms with Gasteiger partial charge in [0, 0.05) is 23.6 Å². The first-order valence-corrected chi connectivity index (χ1v) is 7.27. The van der Waals surface area contributed by atoms with Gasteiger partial charge in [0.05, 0.1) is 37.6 Å². The van der Waals surface area contributed by atoms with Crippen LogP contribution in [0, 0.1) is 0 Å². The molecule has 1 aliphatic heterocycles. The number of halogens is 1. The number of imidazole rings is 1. The minimum atomic E-state index is 0.0243. The summed E-state index contributed by atoms with van der Waals surface area (Å²) in [4.78, 5) is 4.26. The first-order chi connectivity index (χ1) is 9.78. The monoisotopic (exact) mass is 337 g/mol. The van der Waals surface area contributed by atoms with Gasteiger partial charge >= 0.3 is 0 Å². The lowest BCUT2D eigenvalue weighted by molar-refractivity contribution is 0.0240. The maximum atomic E-state index is 5.80. The van der Waals surface area contributed by atoms with E-state index in [1.807, 2.05) is 29.0 Å². The molecule has 0 radical (unpaired) electrons. The van der Waals surface area contributed by atoms with Crippen LogP contribution in [0.1, 0.15) is 11.8 Å². The lowest BCUT2D eigenvalue weighted by Gasteiger charge is -2.24. The van der Waals surface area contributed by atoms with Gasteiger partial charge in [0.1, 0.15) is 11.9 Å². The number of hydrogen-bond acceptors (Lipinski definition) is 4. The van der Waals surface area contributed by atoms with E-state index in [1.54, 1.807) is 13.4 Å². The highest BCUT2D eigenvalue weighted by atomic mass is 79.9. The van der Waals surface area contributed by atoms with Crippen LogP contribution in [0.25, 0.3) is 5.69 Å².